The van der Waals surface area contributed by atoms with E-state index in [1.807, 2.05) is 62.4 Å². The molecular weight excluding hydrogens is 380 g/mol. The van der Waals surface area contributed by atoms with Crippen LogP contribution < -0.4 is 10.1 Å². The van der Waals surface area contributed by atoms with Gasteiger partial charge >= 0.3 is 0 Å². The quantitative estimate of drug-likeness (QED) is 0.496. The Kier molecular flexibility index (Phi) is 5.61. The lowest BCUT2D eigenvalue weighted by molar-refractivity contribution is 0.0991. The molecule has 0 unspecified atom stereocenters. The van der Waals surface area contributed by atoms with Crippen molar-refractivity contribution in [2.24, 2.45) is 0 Å². The number of hydrogen-bond acceptors (Lipinski definition) is 5. The molecule has 0 saturated carbocycles. The van der Waals surface area contributed by atoms with Crippen LogP contribution in [0.5, 0.6) is 5.75 Å². The zero-order valence-corrected chi connectivity index (χ0v) is 16.8. The number of carbonyl (C=O) groups is 1. The van der Waals surface area contributed by atoms with Gasteiger partial charge in [-0.25, -0.2) is 9.67 Å². The van der Waals surface area contributed by atoms with Crippen molar-refractivity contribution in [3.63, 3.8) is 0 Å². The van der Waals surface area contributed by atoms with Gasteiger partial charge in [-0.1, -0.05) is 48.5 Å². The molecule has 2 aromatic carbocycles. The Balaban J connectivity index is 1.35. The number of ether oxygens (including phenoxy) is 1. The van der Waals surface area contributed by atoms with Crippen LogP contribution >= 0.6 is 0 Å². The predicted molar refractivity (Wildman–Crippen MR) is 112 cm³/mol. The van der Waals surface area contributed by atoms with Gasteiger partial charge in [0.25, 0.3) is 5.91 Å². The third-order valence-electron chi connectivity index (χ3n) is 4.60. The Morgan fingerprint density at radius 1 is 1.03 bits per heavy atom. The average molecular weight is 402 g/mol. The van der Waals surface area contributed by atoms with Crippen LogP contribution in [0, 0.1) is 13.8 Å². The van der Waals surface area contributed by atoms with Gasteiger partial charge in [0, 0.05) is 0 Å². The van der Waals surface area contributed by atoms with Gasteiger partial charge in [0.2, 0.25) is 5.95 Å². The number of aryl methyl sites for hydroxylation is 2. The van der Waals surface area contributed by atoms with Gasteiger partial charge in [-0.2, -0.15) is 0 Å². The van der Waals surface area contributed by atoms with E-state index in [-0.39, 0.29) is 18.3 Å². The maximum Gasteiger partial charge on any atom is 0.293 e. The number of hydrogen-bond donors (Lipinski definition) is 1. The minimum Gasteiger partial charge on any atom is -0.485 e. The van der Waals surface area contributed by atoms with Crippen molar-refractivity contribution in [2.45, 2.75) is 27.0 Å². The summed E-state index contributed by atoms with van der Waals surface area (Å²) >= 11 is 0. The molecule has 0 bridgehead atoms. The van der Waals surface area contributed by atoms with Gasteiger partial charge in [0.05, 0.1) is 6.54 Å². The number of carbonyl (C=O) groups excluding carboxylic acids is 1. The maximum absolute atomic E-state index is 12.4. The van der Waals surface area contributed by atoms with Crippen LogP contribution in [0.25, 0.3) is 0 Å². The molecule has 2 heterocycles. The van der Waals surface area contributed by atoms with Crippen molar-refractivity contribution in [1.82, 2.24) is 14.8 Å². The van der Waals surface area contributed by atoms with Gasteiger partial charge < -0.3 is 9.15 Å². The molecule has 152 valence electrons. The van der Waals surface area contributed by atoms with Crippen molar-refractivity contribution in [1.29, 1.82) is 0 Å². The minimum absolute atomic E-state index is 0.175. The first-order valence-electron chi connectivity index (χ1n) is 9.61. The molecule has 0 spiro atoms. The Bertz CT molecular complexity index is 1130. The Labute approximate surface area is 174 Å². The van der Waals surface area contributed by atoms with Gasteiger partial charge in [-0.3, -0.25) is 10.1 Å². The first-order chi connectivity index (χ1) is 14.6. The second-order valence-electron chi connectivity index (χ2n) is 6.98. The van der Waals surface area contributed by atoms with Gasteiger partial charge in [-0.05, 0) is 42.7 Å². The molecule has 4 rings (SSSR count). The monoisotopic (exact) mass is 402 g/mol. The molecule has 30 heavy (non-hydrogen) atoms. The number of nitrogens with zero attached hydrogens (tertiary/aromatic N) is 3. The van der Waals surface area contributed by atoms with Gasteiger partial charge in [0.1, 0.15) is 24.4 Å². The van der Waals surface area contributed by atoms with Crippen LogP contribution in [-0.2, 0) is 13.2 Å². The van der Waals surface area contributed by atoms with Gasteiger partial charge in [-0.15, -0.1) is 5.10 Å². The number of amides is 1. The lowest BCUT2D eigenvalue weighted by Gasteiger charge is -2.10. The van der Waals surface area contributed by atoms with Gasteiger partial charge in [0.15, 0.2) is 5.76 Å². The third kappa shape index (κ3) is 4.57. The van der Waals surface area contributed by atoms with Crippen LogP contribution in [0.2, 0.25) is 0 Å². The zero-order valence-electron chi connectivity index (χ0n) is 16.8. The Morgan fingerprint density at radius 2 is 1.80 bits per heavy atom. The molecule has 4 aromatic rings. The smallest absolute Gasteiger partial charge is 0.293 e. The standard InChI is InChI=1S/C23H22N4O3/c1-16-7-6-8-17(2)21(16)29-14-19-11-12-20(30-19)22(28)25-23-24-15-27(26-23)13-18-9-4-3-5-10-18/h3-12,15H,13-14H2,1-2H3,(H,25,26,28). The zero-order chi connectivity index (χ0) is 20.9. The van der Waals surface area contributed by atoms with Crippen LogP contribution in [0.1, 0.15) is 33.0 Å². The Hall–Kier alpha value is -3.87. The topological polar surface area (TPSA) is 82.2 Å². The van der Waals surface area contributed by atoms with E-state index in [4.69, 9.17) is 9.15 Å². The molecular formula is C23H22N4O3. The van der Waals surface area contributed by atoms with Crippen LogP contribution in [0.4, 0.5) is 5.95 Å². The van der Waals surface area contributed by atoms with Crippen LogP contribution in [-0.4, -0.2) is 20.7 Å². The van der Waals surface area contributed by atoms with E-state index in [2.05, 4.69) is 15.4 Å². The lowest BCUT2D eigenvalue weighted by Crippen LogP contribution is -2.12. The molecule has 7 nitrogen and oxygen atoms in total. The van der Waals surface area contributed by atoms with Crippen molar-refractivity contribution in [2.75, 3.05) is 5.32 Å². The van der Waals surface area contributed by atoms with Crippen molar-refractivity contribution in [3.8, 4) is 5.75 Å². The van der Waals surface area contributed by atoms with E-state index in [0.717, 1.165) is 22.4 Å². The van der Waals surface area contributed by atoms with E-state index in [9.17, 15) is 4.79 Å². The summed E-state index contributed by atoms with van der Waals surface area (Å²) in [7, 11) is 0. The minimum atomic E-state index is -0.411. The molecule has 0 aliphatic heterocycles. The highest BCUT2D eigenvalue weighted by atomic mass is 16.5. The highest BCUT2D eigenvalue weighted by Gasteiger charge is 2.14. The highest BCUT2D eigenvalue weighted by molar-refractivity contribution is 6.01. The number of nitrogens with one attached hydrogen (secondary N) is 1. The van der Waals surface area contributed by atoms with Crippen molar-refractivity contribution < 1.29 is 13.9 Å². The van der Waals surface area contributed by atoms with E-state index in [1.54, 1.807) is 23.1 Å². The molecule has 0 fully saturated rings. The second-order valence-corrected chi connectivity index (χ2v) is 6.98. The fourth-order valence-corrected chi connectivity index (χ4v) is 3.11. The molecule has 1 N–H and O–H groups in total. The fraction of sp³-hybridized carbons (Fsp3) is 0.174. The lowest BCUT2D eigenvalue weighted by atomic mass is 10.1. The molecule has 0 aliphatic rings. The fourth-order valence-electron chi connectivity index (χ4n) is 3.11. The first kappa shape index (κ1) is 19.4. The SMILES string of the molecule is Cc1cccc(C)c1OCc1ccc(C(=O)Nc2ncn(Cc3ccccc3)n2)o1. The number of furan rings is 1. The number of para-hydroxylation sites is 1. The average Bonchev–Trinajstić information content (AvgIpc) is 3.38. The molecule has 0 aliphatic carbocycles. The summed E-state index contributed by atoms with van der Waals surface area (Å²) in [5.74, 6) is 1.37. The van der Waals surface area contributed by atoms with Crippen molar-refractivity contribution in [3.05, 3.63) is 95.2 Å². The predicted octanol–water partition coefficient (Wildman–Crippen LogP) is 4.37. The van der Waals surface area contributed by atoms with Crippen molar-refractivity contribution >= 4 is 11.9 Å². The molecule has 1 amide bonds. The summed E-state index contributed by atoms with van der Waals surface area (Å²) in [6.45, 7) is 4.80. The summed E-state index contributed by atoms with van der Waals surface area (Å²) < 4.78 is 13.2. The summed E-state index contributed by atoms with van der Waals surface area (Å²) in [5, 5.41) is 6.93. The summed E-state index contributed by atoms with van der Waals surface area (Å²) in [5.41, 5.74) is 3.20. The second kappa shape index (κ2) is 8.65. The summed E-state index contributed by atoms with van der Waals surface area (Å²) in [6, 6.07) is 19.2. The maximum atomic E-state index is 12.4. The van der Waals surface area contributed by atoms with E-state index >= 15 is 0 Å². The highest BCUT2D eigenvalue weighted by Crippen LogP contribution is 2.24. The molecule has 7 heteroatoms. The Morgan fingerprint density at radius 3 is 2.57 bits per heavy atom. The molecule has 0 atom stereocenters. The largest absolute Gasteiger partial charge is 0.485 e. The van der Waals surface area contributed by atoms with E-state index in [0.29, 0.717) is 12.3 Å². The number of rotatable bonds is 7. The van der Waals surface area contributed by atoms with E-state index < -0.39 is 5.91 Å². The molecule has 2 aromatic heterocycles. The van der Waals surface area contributed by atoms with E-state index in [1.165, 1.54) is 0 Å². The molecule has 0 radical (unpaired) electrons. The summed E-state index contributed by atoms with van der Waals surface area (Å²) in [6.07, 6.45) is 1.58. The molecule has 0 saturated heterocycles. The number of aromatic nitrogens is 3. The number of anilines is 1. The number of benzene rings is 2. The first-order valence-corrected chi connectivity index (χ1v) is 9.61. The van der Waals surface area contributed by atoms with Crippen LogP contribution in [0.15, 0.2) is 71.4 Å². The third-order valence-corrected chi connectivity index (χ3v) is 4.60. The normalized spacial score (nSPS) is 10.7. The summed E-state index contributed by atoms with van der Waals surface area (Å²) in [4.78, 5) is 16.6. The van der Waals surface area contributed by atoms with Crippen LogP contribution in [0.3, 0.4) is 0 Å².